The molecule has 0 aliphatic rings. The Hall–Kier alpha value is -4.40. The maximum atomic E-state index is 9.09. The van der Waals surface area contributed by atoms with Crippen LogP contribution < -0.4 is 0 Å². The highest BCUT2D eigenvalue weighted by Crippen LogP contribution is 2.15. The van der Waals surface area contributed by atoms with Gasteiger partial charge < -0.3 is 0 Å². The van der Waals surface area contributed by atoms with Crippen LogP contribution in [0.4, 0.5) is 0 Å². The number of rotatable bonds is 5. The van der Waals surface area contributed by atoms with Crippen molar-refractivity contribution in [2.45, 2.75) is 13.8 Å². The molecule has 0 amide bonds. The van der Waals surface area contributed by atoms with Crippen molar-refractivity contribution in [2.24, 2.45) is 0 Å². The van der Waals surface area contributed by atoms with Gasteiger partial charge in [0.2, 0.25) is 0 Å². The molecule has 0 rings (SSSR count). The first-order valence-corrected chi connectivity index (χ1v) is 6.75. The van der Waals surface area contributed by atoms with Crippen LogP contribution >= 0.6 is 0 Å². The van der Waals surface area contributed by atoms with Gasteiger partial charge in [0.05, 0.1) is 30.4 Å². The molecular weight excluding hydrogens is 312 g/mol. The van der Waals surface area contributed by atoms with E-state index in [1.165, 1.54) is 31.2 Å². The van der Waals surface area contributed by atoms with Gasteiger partial charge in [-0.15, -0.1) is 0 Å². The van der Waals surface area contributed by atoms with Crippen molar-refractivity contribution in [1.29, 1.82) is 26.5 Å². The number of nitrogens with one attached hydrogen (secondary N) is 1. The van der Waals surface area contributed by atoms with Crippen LogP contribution in [0, 0.1) is 57.3 Å². The van der Waals surface area contributed by atoms with Crippen molar-refractivity contribution in [3.05, 3.63) is 75.4 Å². The molecule has 0 fully saturated rings. The van der Waals surface area contributed by atoms with Crippen LogP contribution in [0.25, 0.3) is 4.85 Å². The van der Waals surface area contributed by atoms with E-state index in [1.807, 2.05) is 18.0 Å². The summed E-state index contributed by atoms with van der Waals surface area (Å²) in [7, 11) is 0. The molecule has 1 N–H and O–H groups in total. The number of nitrogens with zero attached hydrogens (tertiary/aromatic N) is 5. The van der Waals surface area contributed by atoms with Crippen LogP contribution in [0.15, 0.2) is 63.9 Å². The fraction of sp³-hybridized carbons (Fsp3) is 0.105. The zero-order valence-corrected chi connectivity index (χ0v) is 13.6. The smallest absolute Gasteiger partial charge is 0.258 e. The maximum absolute atomic E-state index is 9.09. The fourth-order valence-corrected chi connectivity index (χ4v) is 1.52. The normalized spacial score (nSPS) is 12.6. The first-order chi connectivity index (χ1) is 12.0. The second-order valence-corrected chi connectivity index (χ2v) is 4.40. The standard InChI is InChI=1S/C19H12N6/c1-14(18(11-22)12-23)16(9-20)7-5-4-6-8-17(10-21)15(2)19(13-24)25-3/h4-8,22H,1-2H3/b6-4+,7-5+,16-14-,17-8+,19-15+. The molecule has 0 aromatic rings. The first-order valence-electron chi connectivity index (χ1n) is 6.75. The highest BCUT2D eigenvalue weighted by Gasteiger charge is 2.05. The summed E-state index contributed by atoms with van der Waals surface area (Å²) in [5, 5.41) is 42.8. The lowest BCUT2D eigenvalue weighted by Crippen LogP contribution is -1.87. The lowest BCUT2D eigenvalue weighted by Gasteiger charge is -1.96. The molecule has 0 atom stereocenters. The summed E-state index contributed by atoms with van der Waals surface area (Å²) >= 11 is 0. The summed E-state index contributed by atoms with van der Waals surface area (Å²) in [4.78, 5) is 3.05. The second-order valence-electron chi connectivity index (χ2n) is 4.40. The third kappa shape index (κ3) is 6.08. The summed E-state index contributed by atoms with van der Waals surface area (Å²) in [5.41, 5.74) is 0.846. The first kappa shape index (κ1) is 20.6. The van der Waals surface area contributed by atoms with Gasteiger partial charge in [-0.1, -0.05) is 18.2 Å². The van der Waals surface area contributed by atoms with Crippen molar-refractivity contribution >= 4 is 5.87 Å². The molecule has 0 spiro atoms. The number of nitriles is 4. The summed E-state index contributed by atoms with van der Waals surface area (Å²) in [6.07, 6.45) is 7.52. The zero-order valence-electron chi connectivity index (χ0n) is 13.6. The van der Waals surface area contributed by atoms with Gasteiger partial charge in [0.15, 0.2) is 0 Å². The predicted molar refractivity (Wildman–Crippen MR) is 92.1 cm³/mol. The molecule has 0 aromatic carbocycles. The third-order valence-corrected chi connectivity index (χ3v) is 2.98. The van der Waals surface area contributed by atoms with E-state index in [4.69, 9.17) is 33.0 Å². The van der Waals surface area contributed by atoms with Crippen LogP contribution in [0.1, 0.15) is 13.8 Å². The van der Waals surface area contributed by atoms with E-state index in [0.717, 1.165) is 0 Å². The highest BCUT2D eigenvalue weighted by atomic mass is 14.7. The lowest BCUT2D eigenvalue weighted by atomic mass is 10.0. The Labute approximate surface area is 146 Å². The predicted octanol–water partition coefficient (Wildman–Crippen LogP) is 3.80. The third-order valence-electron chi connectivity index (χ3n) is 2.98. The SMILES string of the molecule is [C-]#[N+]/C(C#N)=C(C)/C(C#N)=C/C=C/C=C/C(C#N)=C(\C)C(=C=N)C#N. The molecule has 118 valence electrons. The average Bonchev–Trinajstić information content (AvgIpc) is 2.63. The van der Waals surface area contributed by atoms with Crippen LogP contribution in [0.5, 0.6) is 0 Å². The topological polar surface area (TPSA) is 123 Å². The molecule has 0 saturated heterocycles. The lowest BCUT2D eigenvalue weighted by molar-refractivity contribution is 1.35. The molecule has 6 nitrogen and oxygen atoms in total. The fourth-order valence-electron chi connectivity index (χ4n) is 1.52. The minimum absolute atomic E-state index is 0.0271. The van der Waals surface area contributed by atoms with Gasteiger partial charge >= 0.3 is 0 Å². The van der Waals surface area contributed by atoms with E-state index in [-0.39, 0.29) is 28.0 Å². The molecule has 6 heteroatoms. The molecular formula is C19H12N6. The van der Waals surface area contributed by atoms with Crippen LogP contribution in [-0.4, -0.2) is 5.87 Å². The van der Waals surface area contributed by atoms with Gasteiger partial charge in [-0.2, -0.15) is 15.8 Å². The van der Waals surface area contributed by atoms with Crippen molar-refractivity contribution in [3.8, 4) is 24.3 Å². The van der Waals surface area contributed by atoms with Gasteiger partial charge in [0.1, 0.15) is 11.6 Å². The molecule has 0 bridgehead atoms. The Balaban J connectivity index is 5.57. The van der Waals surface area contributed by atoms with Gasteiger partial charge in [-0.3, -0.25) is 5.41 Å². The van der Waals surface area contributed by atoms with E-state index < -0.39 is 0 Å². The number of hydrogen-bond donors (Lipinski definition) is 1. The second kappa shape index (κ2) is 11.2. The van der Waals surface area contributed by atoms with Crippen molar-refractivity contribution in [3.63, 3.8) is 0 Å². The van der Waals surface area contributed by atoms with Crippen LogP contribution in [0.2, 0.25) is 0 Å². The Bertz CT molecular complexity index is 941. The van der Waals surface area contributed by atoms with E-state index in [2.05, 4.69) is 4.85 Å². The quantitative estimate of drug-likeness (QED) is 0.357. The zero-order chi connectivity index (χ0) is 19.2. The van der Waals surface area contributed by atoms with Gasteiger partial charge in [-0.05, 0) is 43.0 Å². The Morgan fingerprint density at radius 1 is 0.920 bits per heavy atom. The summed E-state index contributed by atoms with van der Waals surface area (Å²) in [5.74, 6) is 1.97. The molecule has 0 aliphatic carbocycles. The molecule has 0 saturated carbocycles. The van der Waals surface area contributed by atoms with Gasteiger partial charge in [0.25, 0.3) is 5.70 Å². The minimum atomic E-state index is -0.149. The molecule has 25 heavy (non-hydrogen) atoms. The van der Waals surface area contributed by atoms with Gasteiger partial charge in [0, 0.05) is 5.57 Å². The van der Waals surface area contributed by atoms with Gasteiger partial charge in [-0.25, -0.2) is 10.1 Å². The number of allylic oxidation sites excluding steroid dienone is 11. The Morgan fingerprint density at radius 3 is 2.04 bits per heavy atom. The summed E-state index contributed by atoms with van der Waals surface area (Å²) < 4.78 is 0. The average molecular weight is 324 g/mol. The van der Waals surface area contributed by atoms with Crippen molar-refractivity contribution in [1.82, 2.24) is 0 Å². The maximum Gasteiger partial charge on any atom is 0.266 e. The Kier molecular flexibility index (Phi) is 9.23. The monoisotopic (exact) mass is 324 g/mol. The molecule has 0 aliphatic heterocycles. The molecule has 0 unspecified atom stereocenters. The molecule has 0 radical (unpaired) electrons. The summed E-state index contributed by atoms with van der Waals surface area (Å²) in [6, 6.07) is 7.35. The van der Waals surface area contributed by atoms with E-state index >= 15 is 0 Å². The molecule has 0 heterocycles. The van der Waals surface area contributed by atoms with Crippen LogP contribution in [0.3, 0.4) is 0 Å². The minimum Gasteiger partial charge on any atom is -0.258 e. The van der Waals surface area contributed by atoms with Crippen LogP contribution in [-0.2, 0) is 0 Å². The van der Waals surface area contributed by atoms with E-state index in [0.29, 0.717) is 5.57 Å². The van der Waals surface area contributed by atoms with Crippen molar-refractivity contribution in [2.75, 3.05) is 0 Å². The van der Waals surface area contributed by atoms with E-state index in [9.17, 15) is 0 Å². The van der Waals surface area contributed by atoms with E-state index in [1.54, 1.807) is 25.1 Å². The Morgan fingerprint density at radius 2 is 1.60 bits per heavy atom. The number of hydrogen-bond acceptors (Lipinski definition) is 5. The molecule has 0 aromatic heterocycles. The summed E-state index contributed by atoms with van der Waals surface area (Å²) in [6.45, 7) is 9.94. The highest BCUT2D eigenvalue weighted by molar-refractivity contribution is 5.70. The van der Waals surface area contributed by atoms with Crippen molar-refractivity contribution < 1.29 is 0 Å². The largest absolute Gasteiger partial charge is 0.266 e.